The number of ether oxygens (including phenoxy) is 1. The number of fused-ring (bicyclic) bond motifs is 1. The van der Waals surface area contributed by atoms with Crippen LogP contribution in [0.5, 0.6) is 0 Å². The van der Waals surface area contributed by atoms with Crippen molar-refractivity contribution in [3.05, 3.63) is 23.2 Å². The van der Waals surface area contributed by atoms with Gasteiger partial charge >= 0.3 is 6.09 Å². The van der Waals surface area contributed by atoms with E-state index in [4.69, 9.17) is 16.3 Å². The van der Waals surface area contributed by atoms with Crippen LogP contribution < -0.4 is 5.32 Å². The summed E-state index contributed by atoms with van der Waals surface area (Å²) in [4.78, 5) is 15.7. The van der Waals surface area contributed by atoms with Gasteiger partial charge in [0.15, 0.2) is 5.13 Å². The molecular formula is C12H13ClN2O2S. The molecule has 1 aromatic heterocycles. The van der Waals surface area contributed by atoms with Crippen molar-refractivity contribution in [1.82, 2.24) is 4.98 Å². The SMILES string of the molecule is CCCCOC(=O)Nc1nc2ccc(Cl)cc2s1. The lowest BCUT2D eigenvalue weighted by molar-refractivity contribution is 0.160. The van der Waals surface area contributed by atoms with E-state index in [1.54, 1.807) is 6.07 Å². The summed E-state index contributed by atoms with van der Waals surface area (Å²) in [5.74, 6) is 0. The number of amides is 1. The van der Waals surface area contributed by atoms with Crippen molar-refractivity contribution >= 4 is 44.4 Å². The van der Waals surface area contributed by atoms with E-state index in [9.17, 15) is 4.79 Å². The molecule has 0 aliphatic heterocycles. The van der Waals surface area contributed by atoms with E-state index in [1.807, 2.05) is 19.1 Å². The predicted octanol–water partition coefficient (Wildman–Crippen LogP) is 4.30. The zero-order valence-corrected chi connectivity index (χ0v) is 11.5. The van der Waals surface area contributed by atoms with Crippen LogP contribution in [0, 0.1) is 0 Å². The first-order valence-electron chi connectivity index (χ1n) is 5.69. The molecule has 6 heteroatoms. The normalized spacial score (nSPS) is 10.6. The summed E-state index contributed by atoms with van der Waals surface area (Å²) in [7, 11) is 0. The molecule has 0 saturated heterocycles. The summed E-state index contributed by atoms with van der Waals surface area (Å²) in [5.41, 5.74) is 0.813. The molecule has 0 unspecified atom stereocenters. The largest absolute Gasteiger partial charge is 0.449 e. The molecule has 18 heavy (non-hydrogen) atoms. The highest BCUT2D eigenvalue weighted by Crippen LogP contribution is 2.28. The van der Waals surface area contributed by atoms with Crippen LogP contribution in [-0.2, 0) is 4.74 Å². The Morgan fingerprint density at radius 1 is 1.56 bits per heavy atom. The predicted molar refractivity (Wildman–Crippen MR) is 74.5 cm³/mol. The Hall–Kier alpha value is -1.33. The van der Waals surface area contributed by atoms with Gasteiger partial charge in [0.05, 0.1) is 16.8 Å². The number of nitrogens with one attached hydrogen (secondary N) is 1. The summed E-state index contributed by atoms with van der Waals surface area (Å²) in [5, 5.41) is 3.79. The topological polar surface area (TPSA) is 51.2 Å². The minimum atomic E-state index is -0.464. The first kappa shape index (κ1) is 13.1. The standard InChI is InChI=1S/C12H13ClN2O2S/c1-2-3-6-17-12(16)15-11-14-9-5-4-8(13)7-10(9)18-11/h4-5,7H,2-3,6H2,1H3,(H,14,15,16). The molecule has 1 aromatic carbocycles. The van der Waals surface area contributed by atoms with Gasteiger partial charge in [-0.25, -0.2) is 9.78 Å². The second kappa shape index (κ2) is 6.02. The maximum absolute atomic E-state index is 11.4. The Labute approximate surface area is 114 Å². The van der Waals surface area contributed by atoms with E-state index in [0.717, 1.165) is 23.1 Å². The number of benzene rings is 1. The molecule has 1 N–H and O–H groups in total. The fourth-order valence-electron chi connectivity index (χ4n) is 1.38. The maximum atomic E-state index is 11.4. The van der Waals surface area contributed by atoms with Gasteiger partial charge < -0.3 is 4.74 Å². The lowest BCUT2D eigenvalue weighted by Gasteiger charge is -2.02. The Morgan fingerprint density at radius 3 is 3.17 bits per heavy atom. The molecule has 4 nitrogen and oxygen atoms in total. The molecule has 0 saturated carbocycles. The number of carbonyl (C=O) groups excluding carboxylic acids is 1. The number of unbranched alkanes of at least 4 members (excludes halogenated alkanes) is 1. The highest BCUT2D eigenvalue weighted by atomic mass is 35.5. The number of aromatic nitrogens is 1. The smallest absolute Gasteiger partial charge is 0.413 e. The number of hydrogen-bond donors (Lipinski definition) is 1. The monoisotopic (exact) mass is 284 g/mol. The second-order valence-corrected chi connectivity index (χ2v) is 5.21. The average Bonchev–Trinajstić information content (AvgIpc) is 2.70. The van der Waals surface area contributed by atoms with Crippen LogP contribution in [0.25, 0.3) is 10.2 Å². The van der Waals surface area contributed by atoms with E-state index in [1.165, 1.54) is 11.3 Å². The summed E-state index contributed by atoms with van der Waals surface area (Å²) >= 11 is 7.26. The first-order chi connectivity index (χ1) is 8.69. The van der Waals surface area contributed by atoms with Crippen molar-refractivity contribution in [2.75, 3.05) is 11.9 Å². The van der Waals surface area contributed by atoms with E-state index in [2.05, 4.69) is 10.3 Å². The van der Waals surface area contributed by atoms with Gasteiger partial charge in [-0.15, -0.1) is 0 Å². The van der Waals surface area contributed by atoms with E-state index < -0.39 is 6.09 Å². The van der Waals surface area contributed by atoms with E-state index >= 15 is 0 Å². The van der Waals surface area contributed by atoms with Crippen LogP contribution in [0.15, 0.2) is 18.2 Å². The third kappa shape index (κ3) is 3.34. The van der Waals surface area contributed by atoms with Crippen molar-refractivity contribution in [1.29, 1.82) is 0 Å². The summed E-state index contributed by atoms with van der Waals surface area (Å²) < 4.78 is 5.93. The number of anilines is 1. The van der Waals surface area contributed by atoms with Gasteiger partial charge in [0, 0.05) is 5.02 Å². The van der Waals surface area contributed by atoms with E-state index in [0.29, 0.717) is 16.8 Å². The molecule has 2 aromatic rings. The van der Waals surface area contributed by atoms with Gasteiger partial charge in [-0.1, -0.05) is 36.3 Å². The summed E-state index contributed by atoms with van der Waals surface area (Å²) in [6.45, 7) is 2.47. The number of hydrogen-bond acceptors (Lipinski definition) is 4. The van der Waals surface area contributed by atoms with Crippen LogP contribution in [0.2, 0.25) is 5.02 Å². The van der Waals surface area contributed by atoms with Crippen molar-refractivity contribution in [2.45, 2.75) is 19.8 Å². The molecule has 0 bridgehead atoms. The van der Waals surface area contributed by atoms with Crippen LogP contribution in [0.4, 0.5) is 9.93 Å². The molecule has 0 spiro atoms. The molecule has 0 aliphatic rings. The Bertz CT molecular complexity index is 556. The molecule has 0 radical (unpaired) electrons. The second-order valence-electron chi connectivity index (χ2n) is 3.75. The van der Waals surface area contributed by atoms with Crippen molar-refractivity contribution < 1.29 is 9.53 Å². The zero-order valence-electron chi connectivity index (χ0n) is 9.90. The Balaban J connectivity index is 2.01. The fraction of sp³-hybridized carbons (Fsp3) is 0.333. The van der Waals surface area contributed by atoms with Gasteiger partial charge in [-0.05, 0) is 24.6 Å². The van der Waals surface area contributed by atoms with E-state index in [-0.39, 0.29) is 0 Å². The molecule has 0 fully saturated rings. The number of carbonyl (C=O) groups is 1. The maximum Gasteiger partial charge on any atom is 0.413 e. The Kier molecular flexibility index (Phi) is 4.38. The van der Waals surface area contributed by atoms with Gasteiger partial charge in [0.1, 0.15) is 0 Å². The third-order valence-corrected chi connectivity index (χ3v) is 3.46. The van der Waals surface area contributed by atoms with Gasteiger partial charge in [-0.3, -0.25) is 5.32 Å². The van der Waals surface area contributed by atoms with Crippen LogP contribution >= 0.6 is 22.9 Å². The highest BCUT2D eigenvalue weighted by molar-refractivity contribution is 7.22. The number of halogens is 1. The molecule has 1 amide bonds. The van der Waals surface area contributed by atoms with Gasteiger partial charge in [0.2, 0.25) is 0 Å². The number of thiazole rings is 1. The minimum absolute atomic E-state index is 0.430. The molecule has 2 rings (SSSR count). The van der Waals surface area contributed by atoms with Gasteiger partial charge in [-0.2, -0.15) is 0 Å². The Morgan fingerprint density at radius 2 is 2.39 bits per heavy atom. The molecule has 96 valence electrons. The molecule has 0 aliphatic carbocycles. The quantitative estimate of drug-likeness (QED) is 0.852. The lowest BCUT2D eigenvalue weighted by Crippen LogP contribution is -2.13. The summed E-state index contributed by atoms with van der Waals surface area (Å²) in [6.07, 6.45) is 1.39. The molecular weight excluding hydrogens is 272 g/mol. The van der Waals surface area contributed by atoms with Gasteiger partial charge in [0.25, 0.3) is 0 Å². The van der Waals surface area contributed by atoms with Crippen LogP contribution in [0.3, 0.4) is 0 Å². The van der Waals surface area contributed by atoms with Crippen molar-refractivity contribution in [3.63, 3.8) is 0 Å². The zero-order chi connectivity index (χ0) is 13.0. The number of nitrogens with zero attached hydrogens (tertiary/aromatic N) is 1. The number of rotatable bonds is 4. The van der Waals surface area contributed by atoms with Crippen LogP contribution in [0.1, 0.15) is 19.8 Å². The molecule has 0 atom stereocenters. The minimum Gasteiger partial charge on any atom is -0.449 e. The van der Waals surface area contributed by atoms with Crippen molar-refractivity contribution in [3.8, 4) is 0 Å². The fourth-order valence-corrected chi connectivity index (χ4v) is 2.51. The first-order valence-corrected chi connectivity index (χ1v) is 6.88. The highest BCUT2D eigenvalue weighted by Gasteiger charge is 2.08. The van der Waals surface area contributed by atoms with Crippen LogP contribution in [-0.4, -0.2) is 17.7 Å². The summed E-state index contributed by atoms with van der Waals surface area (Å²) in [6, 6.07) is 5.41. The average molecular weight is 285 g/mol. The lowest BCUT2D eigenvalue weighted by atomic mass is 10.3. The molecule has 1 heterocycles. The van der Waals surface area contributed by atoms with Crippen molar-refractivity contribution in [2.24, 2.45) is 0 Å². The third-order valence-electron chi connectivity index (χ3n) is 2.29.